The lowest BCUT2D eigenvalue weighted by molar-refractivity contribution is 0.0759. The van der Waals surface area contributed by atoms with Crippen LogP contribution in [-0.2, 0) is 9.47 Å². The second-order valence-corrected chi connectivity index (χ2v) is 4.49. The Hall–Kier alpha value is -0.120. The minimum Gasteiger partial charge on any atom is -0.380 e. The zero-order valence-corrected chi connectivity index (χ0v) is 10.7. The minimum atomic E-state index is 0.347. The summed E-state index contributed by atoms with van der Waals surface area (Å²) in [5, 5.41) is 3.33. The predicted molar refractivity (Wildman–Crippen MR) is 64.2 cm³/mol. The Bertz CT molecular complexity index is 113. The van der Waals surface area contributed by atoms with Crippen LogP contribution in [0.5, 0.6) is 0 Å². The monoisotopic (exact) mass is 217 g/mol. The minimum absolute atomic E-state index is 0.347. The summed E-state index contributed by atoms with van der Waals surface area (Å²) < 4.78 is 10.9. The van der Waals surface area contributed by atoms with Crippen molar-refractivity contribution in [2.24, 2.45) is 5.92 Å². The van der Waals surface area contributed by atoms with Gasteiger partial charge < -0.3 is 14.8 Å². The molecule has 92 valence electrons. The van der Waals surface area contributed by atoms with Gasteiger partial charge in [-0.1, -0.05) is 13.8 Å². The molecule has 0 aliphatic rings. The third-order valence-electron chi connectivity index (χ3n) is 1.82. The fourth-order valence-electron chi connectivity index (χ4n) is 1.10. The van der Waals surface area contributed by atoms with Crippen molar-refractivity contribution in [3.63, 3.8) is 0 Å². The summed E-state index contributed by atoms with van der Waals surface area (Å²) in [6, 6.07) is 0. The lowest BCUT2D eigenvalue weighted by Crippen LogP contribution is -2.23. The molecule has 0 aliphatic heterocycles. The molecule has 3 heteroatoms. The van der Waals surface area contributed by atoms with E-state index in [1.165, 1.54) is 0 Å². The standard InChI is InChI=1S/C12H27NO2/c1-11(2)10-14-9-7-13-6-5-8-15-12(3)4/h11-13H,5-10H2,1-4H3. The van der Waals surface area contributed by atoms with Crippen LogP contribution in [0.4, 0.5) is 0 Å². The van der Waals surface area contributed by atoms with E-state index < -0.39 is 0 Å². The summed E-state index contributed by atoms with van der Waals surface area (Å²) >= 11 is 0. The van der Waals surface area contributed by atoms with Crippen molar-refractivity contribution in [1.82, 2.24) is 5.32 Å². The highest BCUT2D eigenvalue weighted by Crippen LogP contribution is 1.91. The zero-order chi connectivity index (χ0) is 11.5. The highest BCUT2D eigenvalue weighted by molar-refractivity contribution is 4.48. The van der Waals surface area contributed by atoms with Crippen molar-refractivity contribution in [2.75, 3.05) is 32.9 Å². The van der Waals surface area contributed by atoms with Gasteiger partial charge in [0, 0.05) is 19.8 Å². The topological polar surface area (TPSA) is 30.5 Å². The first-order chi connectivity index (χ1) is 7.13. The molecule has 0 aromatic carbocycles. The second kappa shape index (κ2) is 10.4. The highest BCUT2D eigenvalue weighted by atomic mass is 16.5. The van der Waals surface area contributed by atoms with Crippen LogP contribution in [-0.4, -0.2) is 39.0 Å². The van der Waals surface area contributed by atoms with E-state index in [-0.39, 0.29) is 0 Å². The summed E-state index contributed by atoms with van der Waals surface area (Å²) in [5.41, 5.74) is 0. The van der Waals surface area contributed by atoms with Gasteiger partial charge in [0.2, 0.25) is 0 Å². The molecule has 0 aliphatic carbocycles. The van der Waals surface area contributed by atoms with Crippen molar-refractivity contribution >= 4 is 0 Å². The number of ether oxygens (including phenoxy) is 2. The molecule has 0 heterocycles. The fourth-order valence-corrected chi connectivity index (χ4v) is 1.10. The summed E-state index contributed by atoms with van der Waals surface area (Å²) in [4.78, 5) is 0. The molecule has 0 saturated heterocycles. The normalized spacial score (nSPS) is 11.6. The molecule has 3 nitrogen and oxygen atoms in total. The van der Waals surface area contributed by atoms with Crippen LogP contribution in [0.25, 0.3) is 0 Å². The zero-order valence-electron chi connectivity index (χ0n) is 10.7. The Balaban J connectivity index is 2.93. The van der Waals surface area contributed by atoms with Crippen LogP contribution in [0, 0.1) is 5.92 Å². The molecule has 0 spiro atoms. The van der Waals surface area contributed by atoms with E-state index in [1.807, 2.05) is 0 Å². The smallest absolute Gasteiger partial charge is 0.0591 e. The Labute approximate surface area is 94.5 Å². The van der Waals surface area contributed by atoms with Gasteiger partial charge in [-0.05, 0) is 32.7 Å². The average molecular weight is 217 g/mol. The van der Waals surface area contributed by atoms with Crippen molar-refractivity contribution in [3.05, 3.63) is 0 Å². The van der Waals surface area contributed by atoms with Crippen LogP contribution in [0.15, 0.2) is 0 Å². The molecule has 0 amide bonds. The molecular formula is C12H27NO2. The van der Waals surface area contributed by atoms with E-state index in [0.717, 1.165) is 39.3 Å². The molecule has 0 radical (unpaired) electrons. The van der Waals surface area contributed by atoms with E-state index in [4.69, 9.17) is 9.47 Å². The quantitative estimate of drug-likeness (QED) is 0.568. The predicted octanol–water partition coefficient (Wildman–Crippen LogP) is 2.06. The maximum atomic E-state index is 5.45. The van der Waals surface area contributed by atoms with Crippen LogP contribution in [0.1, 0.15) is 34.1 Å². The number of hydrogen-bond donors (Lipinski definition) is 1. The lowest BCUT2D eigenvalue weighted by Gasteiger charge is -2.09. The number of nitrogens with one attached hydrogen (secondary N) is 1. The SMILES string of the molecule is CC(C)COCCNCCCOC(C)C. The number of hydrogen-bond acceptors (Lipinski definition) is 3. The Morgan fingerprint density at radius 2 is 1.73 bits per heavy atom. The molecule has 0 aromatic heterocycles. The number of rotatable bonds is 10. The molecular weight excluding hydrogens is 190 g/mol. The summed E-state index contributed by atoms with van der Waals surface area (Å²) in [6.07, 6.45) is 1.42. The Morgan fingerprint density at radius 3 is 2.33 bits per heavy atom. The van der Waals surface area contributed by atoms with Crippen molar-refractivity contribution < 1.29 is 9.47 Å². The first kappa shape index (κ1) is 14.9. The van der Waals surface area contributed by atoms with Crippen molar-refractivity contribution in [1.29, 1.82) is 0 Å². The molecule has 0 aromatic rings. The second-order valence-electron chi connectivity index (χ2n) is 4.49. The third-order valence-corrected chi connectivity index (χ3v) is 1.82. The van der Waals surface area contributed by atoms with E-state index in [9.17, 15) is 0 Å². The van der Waals surface area contributed by atoms with Gasteiger partial charge >= 0.3 is 0 Å². The molecule has 0 saturated carbocycles. The molecule has 0 bridgehead atoms. The highest BCUT2D eigenvalue weighted by Gasteiger charge is 1.94. The third kappa shape index (κ3) is 13.9. The van der Waals surface area contributed by atoms with Gasteiger partial charge in [0.1, 0.15) is 0 Å². The van der Waals surface area contributed by atoms with E-state index in [2.05, 4.69) is 33.0 Å². The molecule has 0 unspecified atom stereocenters. The van der Waals surface area contributed by atoms with Gasteiger partial charge in [0.25, 0.3) is 0 Å². The maximum absolute atomic E-state index is 5.45. The van der Waals surface area contributed by atoms with E-state index in [0.29, 0.717) is 12.0 Å². The molecule has 0 fully saturated rings. The van der Waals surface area contributed by atoms with Gasteiger partial charge in [0.05, 0.1) is 12.7 Å². The van der Waals surface area contributed by atoms with Gasteiger partial charge in [-0.2, -0.15) is 0 Å². The molecule has 15 heavy (non-hydrogen) atoms. The average Bonchev–Trinajstić information content (AvgIpc) is 2.14. The summed E-state index contributed by atoms with van der Waals surface area (Å²) in [6.45, 7) is 12.9. The van der Waals surface area contributed by atoms with Gasteiger partial charge in [-0.3, -0.25) is 0 Å². The van der Waals surface area contributed by atoms with Gasteiger partial charge in [-0.15, -0.1) is 0 Å². The first-order valence-electron chi connectivity index (χ1n) is 6.03. The summed E-state index contributed by atoms with van der Waals surface area (Å²) in [7, 11) is 0. The Morgan fingerprint density at radius 1 is 1.00 bits per heavy atom. The maximum Gasteiger partial charge on any atom is 0.0591 e. The van der Waals surface area contributed by atoms with Crippen molar-refractivity contribution in [2.45, 2.75) is 40.2 Å². The van der Waals surface area contributed by atoms with Crippen LogP contribution < -0.4 is 5.32 Å². The largest absolute Gasteiger partial charge is 0.380 e. The molecule has 0 atom stereocenters. The van der Waals surface area contributed by atoms with Crippen LogP contribution in [0.2, 0.25) is 0 Å². The van der Waals surface area contributed by atoms with Crippen molar-refractivity contribution in [3.8, 4) is 0 Å². The molecule has 0 rings (SSSR count). The van der Waals surface area contributed by atoms with E-state index in [1.54, 1.807) is 0 Å². The van der Waals surface area contributed by atoms with Crippen LogP contribution in [0.3, 0.4) is 0 Å². The van der Waals surface area contributed by atoms with Gasteiger partial charge in [-0.25, -0.2) is 0 Å². The fraction of sp³-hybridized carbons (Fsp3) is 1.00. The molecule has 1 N–H and O–H groups in total. The van der Waals surface area contributed by atoms with Crippen LogP contribution >= 0.6 is 0 Å². The summed E-state index contributed by atoms with van der Waals surface area (Å²) in [5.74, 6) is 0.629. The Kier molecular flexibility index (Phi) is 10.3. The first-order valence-corrected chi connectivity index (χ1v) is 6.03. The van der Waals surface area contributed by atoms with E-state index >= 15 is 0 Å². The van der Waals surface area contributed by atoms with Gasteiger partial charge in [0.15, 0.2) is 0 Å². The lowest BCUT2D eigenvalue weighted by atomic mass is 10.2.